The van der Waals surface area contributed by atoms with E-state index in [4.69, 9.17) is 5.11 Å². The minimum atomic E-state index is -0.847. The number of piperazine rings is 1. The third kappa shape index (κ3) is 3.35. The Bertz CT molecular complexity index is 469. The van der Waals surface area contributed by atoms with Crippen LogP contribution in [0.2, 0.25) is 0 Å². The fraction of sp³-hybridized carbons (Fsp3) is 0.500. The molecule has 2 heterocycles. The zero-order valence-electron chi connectivity index (χ0n) is 10.1. The van der Waals surface area contributed by atoms with Gasteiger partial charge in [0.1, 0.15) is 12.4 Å². The molecule has 1 aromatic heterocycles. The monoisotopic (exact) mass is 267 g/mol. The summed E-state index contributed by atoms with van der Waals surface area (Å²) in [7, 11) is 0. The second-order valence-electron chi connectivity index (χ2n) is 4.16. The molecule has 0 bridgehead atoms. The minimum Gasteiger partial charge on any atom is -0.480 e. The molecule has 1 aromatic rings. The van der Waals surface area contributed by atoms with Crippen LogP contribution in [-0.4, -0.2) is 63.6 Å². The van der Waals surface area contributed by atoms with Gasteiger partial charge in [-0.3, -0.25) is 19.8 Å². The summed E-state index contributed by atoms with van der Waals surface area (Å²) in [6.07, 6.45) is 2.35. The number of carbonyl (C=O) groups is 1. The molecule has 0 spiro atoms. The van der Waals surface area contributed by atoms with E-state index >= 15 is 0 Å². The SMILES string of the molecule is O=C(O)CN1CCN(c2ncc([N+](=O)[O-])cn2)CC1. The molecule has 1 fully saturated rings. The second-order valence-corrected chi connectivity index (χ2v) is 4.16. The van der Waals surface area contributed by atoms with E-state index in [0.717, 1.165) is 0 Å². The summed E-state index contributed by atoms with van der Waals surface area (Å²) in [6.45, 7) is 2.43. The van der Waals surface area contributed by atoms with Crippen LogP contribution >= 0.6 is 0 Å². The highest BCUT2D eigenvalue weighted by Crippen LogP contribution is 2.13. The lowest BCUT2D eigenvalue weighted by molar-refractivity contribution is -0.385. The van der Waals surface area contributed by atoms with E-state index < -0.39 is 10.9 Å². The molecule has 0 unspecified atom stereocenters. The van der Waals surface area contributed by atoms with Crippen molar-refractivity contribution in [2.75, 3.05) is 37.6 Å². The Morgan fingerprint density at radius 2 is 1.89 bits per heavy atom. The predicted molar refractivity (Wildman–Crippen MR) is 65.0 cm³/mol. The van der Waals surface area contributed by atoms with Crippen molar-refractivity contribution in [1.82, 2.24) is 14.9 Å². The fourth-order valence-electron chi connectivity index (χ4n) is 1.87. The molecule has 0 saturated carbocycles. The first-order valence-corrected chi connectivity index (χ1v) is 5.72. The smallest absolute Gasteiger partial charge is 0.317 e. The number of aromatic nitrogens is 2. The molecule has 2 rings (SSSR count). The molecule has 0 atom stereocenters. The Balaban J connectivity index is 1.94. The number of nitro groups is 1. The summed E-state index contributed by atoms with van der Waals surface area (Å²) in [5, 5.41) is 19.2. The minimum absolute atomic E-state index is 0.0228. The molecule has 0 aromatic carbocycles. The van der Waals surface area contributed by atoms with Crippen molar-refractivity contribution in [1.29, 1.82) is 0 Å². The first-order chi connectivity index (χ1) is 9.06. The number of carboxylic acids is 1. The van der Waals surface area contributed by atoms with Crippen LogP contribution in [-0.2, 0) is 4.79 Å². The number of aliphatic carboxylic acids is 1. The van der Waals surface area contributed by atoms with Gasteiger partial charge in [-0.05, 0) is 0 Å². The van der Waals surface area contributed by atoms with Crippen molar-refractivity contribution in [2.45, 2.75) is 0 Å². The van der Waals surface area contributed by atoms with Gasteiger partial charge in [-0.25, -0.2) is 9.97 Å². The predicted octanol–water partition coefficient (Wildman–Crippen LogP) is -0.409. The van der Waals surface area contributed by atoms with Crippen molar-refractivity contribution >= 4 is 17.6 Å². The van der Waals surface area contributed by atoms with Crippen LogP contribution in [0, 0.1) is 10.1 Å². The van der Waals surface area contributed by atoms with E-state index in [0.29, 0.717) is 32.1 Å². The van der Waals surface area contributed by atoms with Gasteiger partial charge in [-0.1, -0.05) is 0 Å². The van der Waals surface area contributed by atoms with Gasteiger partial charge in [0.25, 0.3) is 0 Å². The molecule has 1 saturated heterocycles. The van der Waals surface area contributed by atoms with Crippen molar-refractivity contribution < 1.29 is 14.8 Å². The van der Waals surface area contributed by atoms with E-state index in [1.54, 1.807) is 0 Å². The topological polar surface area (TPSA) is 113 Å². The quantitative estimate of drug-likeness (QED) is 0.578. The Morgan fingerprint density at radius 3 is 2.37 bits per heavy atom. The van der Waals surface area contributed by atoms with Gasteiger partial charge in [-0.2, -0.15) is 0 Å². The van der Waals surface area contributed by atoms with E-state index in [1.165, 1.54) is 12.4 Å². The van der Waals surface area contributed by atoms with Crippen LogP contribution < -0.4 is 4.90 Å². The molecule has 0 radical (unpaired) electrons. The highest BCUT2D eigenvalue weighted by Gasteiger charge is 2.20. The molecule has 1 aliphatic rings. The maximum atomic E-state index is 10.6. The first kappa shape index (κ1) is 13.1. The molecule has 9 nitrogen and oxygen atoms in total. The van der Waals surface area contributed by atoms with Crippen LogP contribution in [0.4, 0.5) is 11.6 Å². The number of hydrogen-bond acceptors (Lipinski definition) is 7. The maximum absolute atomic E-state index is 10.6. The number of hydrogen-bond donors (Lipinski definition) is 1. The summed E-state index contributed by atoms with van der Waals surface area (Å²) < 4.78 is 0. The molecule has 1 N–H and O–H groups in total. The van der Waals surface area contributed by atoms with E-state index in [1.807, 2.05) is 9.80 Å². The standard InChI is InChI=1S/C10H13N5O4/c16-9(17)7-13-1-3-14(4-2-13)10-11-5-8(6-12-10)15(18)19/h5-6H,1-4,7H2,(H,16,17). The van der Waals surface area contributed by atoms with Gasteiger partial charge in [0.05, 0.1) is 11.5 Å². The average molecular weight is 267 g/mol. The lowest BCUT2D eigenvalue weighted by atomic mass is 10.3. The van der Waals surface area contributed by atoms with Gasteiger partial charge in [0.2, 0.25) is 5.95 Å². The van der Waals surface area contributed by atoms with Crippen LogP contribution in [0.15, 0.2) is 12.4 Å². The van der Waals surface area contributed by atoms with Crippen LogP contribution in [0.1, 0.15) is 0 Å². The summed E-state index contributed by atoms with van der Waals surface area (Å²) >= 11 is 0. The van der Waals surface area contributed by atoms with Gasteiger partial charge in [0.15, 0.2) is 0 Å². The molecule has 102 valence electrons. The molecule has 0 amide bonds. The fourth-order valence-corrected chi connectivity index (χ4v) is 1.87. The zero-order valence-corrected chi connectivity index (χ0v) is 10.1. The average Bonchev–Trinajstić information content (AvgIpc) is 2.39. The third-order valence-corrected chi connectivity index (χ3v) is 2.85. The van der Waals surface area contributed by atoms with E-state index in [-0.39, 0.29) is 12.2 Å². The summed E-state index contributed by atoms with van der Waals surface area (Å²) in [4.78, 5) is 32.1. The Morgan fingerprint density at radius 1 is 1.32 bits per heavy atom. The lowest BCUT2D eigenvalue weighted by Crippen LogP contribution is -2.48. The van der Waals surface area contributed by atoms with Crippen LogP contribution in [0.3, 0.4) is 0 Å². The number of nitrogens with zero attached hydrogens (tertiary/aromatic N) is 5. The maximum Gasteiger partial charge on any atom is 0.317 e. The number of carboxylic acid groups (broad SMARTS) is 1. The van der Waals surface area contributed by atoms with Crippen LogP contribution in [0.5, 0.6) is 0 Å². The second kappa shape index (κ2) is 5.57. The lowest BCUT2D eigenvalue weighted by Gasteiger charge is -2.33. The number of anilines is 1. The summed E-state index contributed by atoms with van der Waals surface area (Å²) in [5.41, 5.74) is -0.145. The summed E-state index contributed by atoms with van der Waals surface area (Å²) in [5.74, 6) is -0.416. The molecule has 9 heteroatoms. The normalized spacial score (nSPS) is 16.3. The Kier molecular flexibility index (Phi) is 3.85. The van der Waals surface area contributed by atoms with Crippen LogP contribution in [0.25, 0.3) is 0 Å². The van der Waals surface area contributed by atoms with Gasteiger partial charge in [-0.15, -0.1) is 0 Å². The molecular weight excluding hydrogens is 254 g/mol. The zero-order chi connectivity index (χ0) is 13.8. The largest absolute Gasteiger partial charge is 0.480 e. The molecular formula is C10H13N5O4. The van der Waals surface area contributed by atoms with E-state index in [9.17, 15) is 14.9 Å². The van der Waals surface area contributed by atoms with E-state index in [2.05, 4.69) is 9.97 Å². The third-order valence-electron chi connectivity index (χ3n) is 2.85. The first-order valence-electron chi connectivity index (χ1n) is 5.72. The highest BCUT2D eigenvalue weighted by atomic mass is 16.6. The van der Waals surface area contributed by atoms with Gasteiger partial charge >= 0.3 is 11.7 Å². The molecule has 1 aliphatic heterocycles. The molecule has 0 aliphatic carbocycles. The van der Waals surface area contributed by atoms with Crippen molar-refractivity contribution in [2.24, 2.45) is 0 Å². The Labute approximate surface area is 108 Å². The highest BCUT2D eigenvalue weighted by molar-refractivity contribution is 5.69. The molecule has 19 heavy (non-hydrogen) atoms. The van der Waals surface area contributed by atoms with Crippen molar-refractivity contribution in [3.8, 4) is 0 Å². The van der Waals surface area contributed by atoms with Crippen molar-refractivity contribution in [3.63, 3.8) is 0 Å². The van der Waals surface area contributed by atoms with Gasteiger partial charge < -0.3 is 10.0 Å². The number of rotatable bonds is 4. The van der Waals surface area contributed by atoms with Gasteiger partial charge in [0, 0.05) is 26.2 Å². The van der Waals surface area contributed by atoms with Crippen molar-refractivity contribution in [3.05, 3.63) is 22.5 Å². The Hall–Kier alpha value is -2.29. The summed E-state index contributed by atoms with van der Waals surface area (Å²) in [6, 6.07) is 0.